The van der Waals surface area contributed by atoms with Crippen LogP contribution >= 0.6 is 0 Å². The Morgan fingerprint density at radius 2 is 2.00 bits per heavy atom. The summed E-state index contributed by atoms with van der Waals surface area (Å²) in [4.78, 5) is 12.0. The molecule has 2 aromatic rings. The van der Waals surface area contributed by atoms with Gasteiger partial charge in [-0.2, -0.15) is 0 Å². The maximum Gasteiger partial charge on any atom is 0.339 e. The number of hydrogen-bond donors (Lipinski definition) is 0. The van der Waals surface area contributed by atoms with Crippen molar-refractivity contribution >= 4 is 12.0 Å². The molecule has 3 nitrogen and oxygen atoms in total. The first-order valence-electron chi connectivity index (χ1n) is 6.87. The summed E-state index contributed by atoms with van der Waals surface area (Å²) in [5, 5.41) is 0. The molecule has 0 radical (unpaired) electrons. The first-order valence-corrected chi connectivity index (χ1v) is 6.87. The molecule has 21 heavy (non-hydrogen) atoms. The van der Waals surface area contributed by atoms with Gasteiger partial charge in [-0.15, -0.1) is 0 Å². The van der Waals surface area contributed by atoms with Gasteiger partial charge in [0.05, 0.1) is 12.7 Å². The van der Waals surface area contributed by atoms with Crippen LogP contribution in [0.2, 0.25) is 0 Å². The smallest absolute Gasteiger partial charge is 0.339 e. The van der Waals surface area contributed by atoms with E-state index < -0.39 is 0 Å². The molecule has 2 aromatic carbocycles. The van der Waals surface area contributed by atoms with Crippen LogP contribution in [0.4, 0.5) is 0 Å². The zero-order chi connectivity index (χ0) is 14.7. The average molecular weight is 280 g/mol. The molecule has 0 saturated carbocycles. The molecule has 0 bridgehead atoms. The lowest BCUT2D eigenvalue weighted by Crippen LogP contribution is -2.26. The summed E-state index contributed by atoms with van der Waals surface area (Å²) in [6.45, 7) is 0. The number of cyclic esters (lactones) is 1. The highest BCUT2D eigenvalue weighted by molar-refractivity contribution is 5.92. The van der Waals surface area contributed by atoms with E-state index in [9.17, 15) is 4.79 Å². The summed E-state index contributed by atoms with van der Waals surface area (Å²) in [6.07, 6.45) is 4.33. The van der Waals surface area contributed by atoms with Crippen LogP contribution in [-0.4, -0.2) is 19.2 Å². The fourth-order valence-electron chi connectivity index (χ4n) is 2.41. The Kier molecular flexibility index (Phi) is 3.73. The first kappa shape index (κ1) is 13.4. The van der Waals surface area contributed by atoms with Gasteiger partial charge in [0.2, 0.25) is 0 Å². The molecule has 1 aliphatic heterocycles. The second-order valence-electron chi connectivity index (χ2n) is 4.94. The summed E-state index contributed by atoms with van der Waals surface area (Å²) in [5.74, 6) is 0.482. The zero-order valence-corrected chi connectivity index (χ0v) is 11.8. The lowest BCUT2D eigenvalue weighted by Gasteiger charge is -2.22. The van der Waals surface area contributed by atoms with Crippen LogP contribution in [0.1, 0.15) is 21.5 Å². The third kappa shape index (κ3) is 2.97. The maximum absolute atomic E-state index is 12.0. The van der Waals surface area contributed by atoms with Crippen LogP contribution in [0.15, 0.2) is 54.6 Å². The van der Waals surface area contributed by atoms with E-state index in [4.69, 9.17) is 9.47 Å². The van der Waals surface area contributed by atoms with E-state index in [2.05, 4.69) is 0 Å². The zero-order valence-electron chi connectivity index (χ0n) is 11.8. The second-order valence-corrected chi connectivity index (χ2v) is 4.94. The van der Waals surface area contributed by atoms with Crippen LogP contribution in [0.5, 0.6) is 5.75 Å². The van der Waals surface area contributed by atoms with Crippen molar-refractivity contribution < 1.29 is 14.3 Å². The Labute approximate surface area is 123 Å². The minimum atomic E-state index is -0.276. The van der Waals surface area contributed by atoms with Gasteiger partial charge < -0.3 is 9.47 Å². The van der Waals surface area contributed by atoms with Gasteiger partial charge in [0.1, 0.15) is 11.9 Å². The number of carbonyl (C=O) groups is 1. The Hall–Kier alpha value is -2.55. The molecule has 1 heterocycles. The summed E-state index contributed by atoms with van der Waals surface area (Å²) >= 11 is 0. The number of hydrogen-bond acceptors (Lipinski definition) is 3. The third-order valence-corrected chi connectivity index (χ3v) is 3.51. The molecular weight excluding hydrogens is 264 g/mol. The molecule has 3 rings (SSSR count). The molecule has 0 saturated heterocycles. The fraction of sp³-hybridized carbons (Fsp3) is 0.167. The van der Waals surface area contributed by atoms with Crippen LogP contribution in [0, 0.1) is 0 Å². The van der Waals surface area contributed by atoms with Crippen molar-refractivity contribution in [3.63, 3.8) is 0 Å². The molecule has 0 amide bonds. The van der Waals surface area contributed by atoms with Gasteiger partial charge in [0, 0.05) is 6.42 Å². The fourth-order valence-corrected chi connectivity index (χ4v) is 2.41. The van der Waals surface area contributed by atoms with E-state index in [1.165, 1.54) is 0 Å². The Morgan fingerprint density at radius 3 is 2.76 bits per heavy atom. The van der Waals surface area contributed by atoms with Crippen LogP contribution in [0.25, 0.3) is 6.08 Å². The molecule has 0 aromatic heterocycles. The van der Waals surface area contributed by atoms with Gasteiger partial charge in [-0.05, 0) is 35.4 Å². The van der Waals surface area contributed by atoms with Gasteiger partial charge in [-0.25, -0.2) is 4.79 Å². The van der Waals surface area contributed by atoms with Crippen LogP contribution in [0.3, 0.4) is 0 Å². The molecule has 0 fully saturated rings. The van der Waals surface area contributed by atoms with Crippen molar-refractivity contribution in [1.29, 1.82) is 0 Å². The molecule has 1 aliphatic rings. The van der Waals surface area contributed by atoms with E-state index in [0.29, 0.717) is 12.0 Å². The molecular formula is C18H16O3. The number of ether oxygens (including phenoxy) is 2. The predicted molar refractivity (Wildman–Crippen MR) is 81.4 cm³/mol. The van der Waals surface area contributed by atoms with Crippen molar-refractivity contribution in [1.82, 2.24) is 0 Å². The molecule has 0 unspecified atom stereocenters. The molecule has 1 atom stereocenters. The first-order chi connectivity index (χ1) is 10.3. The van der Waals surface area contributed by atoms with Crippen molar-refractivity contribution in [2.45, 2.75) is 12.5 Å². The molecule has 0 spiro atoms. The van der Waals surface area contributed by atoms with Crippen molar-refractivity contribution in [2.75, 3.05) is 7.11 Å². The maximum atomic E-state index is 12.0. The summed E-state index contributed by atoms with van der Waals surface area (Å²) < 4.78 is 10.7. The second kappa shape index (κ2) is 5.83. The van der Waals surface area contributed by atoms with E-state index >= 15 is 0 Å². The van der Waals surface area contributed by atoms with Crippen LogP contribution in [-0.2, 0) is 11.2 Å². The minimum absolute atomic E-state index is 0.239. The van der Waals surface area contributed by atoms with Gasteiger partial charge in [0.25, 0.3) is 0 Å². The Balaban J connectivity index is 1.81. The van der Waals surface area contributed by atoms with E-state index in [0.717, 1.165) is 16.9 Å². The highest BCUT2D eigenvalue weighted by atomic mass is 16.5. The third-order valence-electron chi connectivity index (χ3n) is 3.51. The number of fused-ring (bicyclic) bond motifs is 1. The van der Waals surface area contributed by atoms with Gasteiger partial charge >= 0.3 is 5.97 Å². The van der Waals surface area contributed by atoms with E-state index in [1.807, 2.05) is 48.6 Å². The summed E-state index contributed by atoms with van der Waals surface area (Å²) in [7, 11) is 1.62. The Morgan fingerprint density at radius 1 is 1.19 bits per heavy atom. The quantitative estimate of drug-likeness (QED) is 0.807. The number of methoxy groups -OCH3 is 1. The highest BCUT2D eigenvalue weighted by Crippen LogP contribution is 2.25. The lowest BCUT2D eigenvalue weighted by molar-refractivity contribution is 0.0359. The standard InChI is InChI=1S/C18H16O3/c1-20-15-9-10-17-14(11-15)12-16(21-18(17)19)8-7-13-5-3-2-4-6-13/h2-11,16H,12H2,1H3/t16-/m1/s1. The van der Waals surface area contributed by atoms with Gasteiger partial charge in [-0.3, -0.25) is 0 Å². The van der Waals surface area contributed by atoms with Gasteiger partial charge in [-0.1, -0.05) is 36.4 Å². The number of esters is 1. The minimum Gasteiger partial charge on any atom is -0.497 e. The lowest BCUT2D eigenvalue weighted by atomic mass is 9.97. The molecule has 0 aliphatic carbocycles. The topological polar surface area (TPSA) is 35.5 Å². The SMILES string of the molecule is COc1ccc2c(c1)C[C@@H](C=Cc1ccccc1)OC2=O. The van der Waals surface area contributed by atoms with Crippen molar-refractivity contribution in [2.24, 2.45) is 0 Å². The Bertz CT molecular complexity index is 674. The summed E-state index contributed by atoms with van der Waals surface area (Å²) in [6, 6.07) is 15.4. The van der Waals surface area contributed by atoms with Crippen LogP contribution < -0.4 is 4.74 Å². The van der Waals surface area contributed by atoms with Gasteiger partial charge in [0.15, 0.2) is 0 Å². The highest BCUT2D eigenvalue weighted by Gasteiger charge is 2.24. The monoisotopic (exact) mass is 280 g/mol. The van der Waals surface area contributed by atoms with E-state index in [1.54, 1.807) is 19.2 Å². The van der Waals surface area contributed by atoms with Crippen molar-refractivity contribution in [3.05, 3.63) is 71.3 Å². The average Bonchev–Trinajstić information content (AvgIpc) is 2.53. The normalized spacial score (nSPS) is 17.4. The molecule has 106 valence electrons. The van der Waals surface area contributed by atoms with Crippen molar-refractivity contribution in [3.8, 4) is 5.75 Å². The number of benzene rings is 2. The summed E-state index contributed by atoms with van der Waals surface area (Å²) in [5.41, 5.74) is 2.68. The largest absolute Gasteiger partial charge is 0.497 e. The predicted octanol–water partition coefficient (Wildman–Crippen LogP) is 3.49. The molecule has 0 N–H and O–H groups in total. The molecule has 3 heteroatoms. The number of rotatable bonds is 3. The van der Waals surface area contributed by atoms with E-state index in [-0.39, 0.29) is 12.1 Å². The number of carbonyl (C=O) groups excluding carboxylic acids is 1.